The average Bonchev–Trinajstić information content (AvgIpc) is 3.20. The molecule has 0 radical (unpaired) electrons. The van der Waals surface area contributed by atoms with Crippen LogP contribution >= 0.6 is 11.3 Å². The Morgan fingerprint density at radius 1 is 1.44 bits per heavy atom. The first-order valence-corrected chi connectivity index (χ1v) is 9.72. The lowest BCUT2D eigenvalue weighted by molar-refractivity contribution is -0.127. The number of carbonyl (C=O) groups excluding carboxylic acids is 2. The second-order valence-electron chi connectivity index (χ2n) is 6.88. The van der Waals surface area contributed by atoms with E-state index in [4.69, 9.17) is 4.74 Å². The van der Waals surface area contributed by atoms with Crippen LogP contribution in [0.2, 0.25) is 0 Å². The van der Waals surface area contributed by atoms with Crippen molar-refractivity contribution in [1.82, 2.24) is 0 Å². The molecule has 7 heteroatoms. The Morgan fingerprint density at radius 2 is 2.26 bits per heavy atom. The molecule has 1 unspecified atom stereocenters. The van der Waals surface area contributed by atoms with E-state index < -0.39 is 6.10 Å². The molecular weight excluding hydrogens is 362 g/mol. The summed E-state index contributed by atoms with van der Waals surface area (Å²) in [5.41, 5.74) is 3.21. The molecule has 138 valence electrons. The van der Waals surface area contributed by atoms with Gasteiger partial charge in [-0.1, -0.05) is 6.07 Å². The zero-order valence-electron chi connectivity index (χ0n) is 15.2. The minimum Gasteiger partial charge on any atom is -0.479 e. The molecule has 1 aromatic carbocycles. The third kappa shape index (κ3) is 3.06. The largest absolute Gasteiger partial charge is 0.479 e. The molecule has 1 N–H and O–H groups in total. The fourth-order valence-electron chi connectivity index (χ4n) is 3.60. The summed E-state index contributed by atoms with van der Waals surface area (Å²) >= 11 is 1.47. The summed E-state index contributed by atoms with van der Waals surface area (Å²) in [5, 5.41) is 12.9. The van der Waals surface area contributed by atoms with Crippen molar-refractivity contribution >= 4 is 33.8 Å². The second-order valence-corrected chi connectivity index (χ2v) is 7.98. The number of carbonyl (C=O) groups is 2. The quantitative estimate of drug-likeness (QED) is 0.885. The zero-order valence-corrected chi connectivity index (χ0v) is 16.0. The third-order valence-electron chi connectivity index (χ3n) is 4.91. The Kier molecular flexibility index (Phi) is 4.36. The maximum Gasteiger partial charge on any atom is 0.268 e. The molecule has 0 saturated heterocycles. The van der Waals surface area contributed by atoms with Crippen molar-refractivity contribution in [2.45, 2.75) is 39.2 Å². The van der Waals surface area contributed by atoms with Crippen molar-refractivity contribution in [1.29, 1.82) is 5.26 Å². The van der Waals surface area contributed by atoms with Crippen LogP contribution in [0.5, 0.6) is 5.75 Å². The van der Waals surface area contributed by atoms with Gasteiger partial charge in [-0.3, -0.25) is 14.5 Å². The predicted molar refractivity (Wildman–Crippen MR) is 103 cm³/mol. The molecule has 2 aliphatic rings. The van der Waals surface area contributed by atoms with Gasteiger partial charge in [0.15, 0.2) is 6.10 Å². The van der Waals surface area contributed by atoms with Gasteiger partial charge in [-0.15, -0.1) is 11.3 Å². The molecule has 1 aliphatic carbocycles. The smallest absolute Gasteiger partial charge is 0.268 e. The maximum atomic E-state index is 12.7. The summed E-state index contributed by atoms with van der Waals surface area (Å²) in [6.07, 6.45) is 2.25. The number of nitrogens with zero attached hydrogens (tertiary/aromatic N) is 2. The number of benzene rings is 1. The van der Waals surface area contributed by atoms with Gasteiger partial charge in [0, 0.05) is 4.88 Å². The van der Waals surface area contributed by atoms with E-state index in [1.54, 1.807) is 6.92 Å². The minimum absolute atomic E-state index is 0.115. The average molecular weight is 381 g/mol. The summed E-state index contributed by atoms with van der Waals surface area (Å²) in [5.74, 6) is 0.0204. The second kappa shape index (κ2) is 6.71. The SMILES string of the molecule is Cc1ccc2c(c1)N(CC(=O)Nc1sc3c(c1C#N)CCC3)C(=O)C(C)O2. The van der Waals surface area contributed by atoms with Gasteiger partial charge in [-0.05, 0) is 56.4 Å². The molecule has 0 fully saturated rings. The Labute approximate surface area is 161 Å². The molecule has 0 bridgehead atoms. The number of hydrogen-bond donors (Lipinski definition) is 1. The van der Waals surface area contributed by atoms with Crippen molar-refractivity contribution < 1.29 is 14.3 Å². The van der Waals surface area contributed by atoms with E-state index in [0.29, 0.717) is 22.0 Å². The number of anilines is 2. The van der Waals surface area contributed by atoms with E-state index in [1.807, 2.05) is 25.1 Å². The monoisotopic (exact) mass is 381 g/mol. The van der Waals surface area contributed by atoms with E-state index in [-0.39, 0.29) is 18.4 Å². The van der Waals surface area contributed by atoms with Gasteiger partial charge < -0.3 is 10.1 Å². The highest BCUT2D eigenvalue weighted by Crippen LogP contribution is 2.39. The van der Waals surface area contributed by atoms with Gasteiger partial charge in [0.25, 0.3) is 5.91 Å². The van der Waals surface area contributed by atoms with Crippen LogP contribution in [0.3, 0.4) is 0 Å². The molecule has 2 aromatic rings. The molecule has 0 saturated carbocycles. The number of ether oxygens (including phenoxy) is 1. The first-order valence-electron chi connectivity index (χ1n) is 8.91. The first-order chi connectivity index (χ1) is 13.0. The zero-order chi connectivity index (χ0) is 19.1. The topological polar surface area (TPSA) is 82.4 Å². The molecule has 2 amide bonds. The Balaban J connectivity index is 1.58. The molecule has 1 aliphatic heterocycles. The third-order valence-corrected chi connectivity index (χ3v) is 6.12. The molecule has 2 heterocycles. The van der Waals surface area contributed by atoms with Crippen LogP contribution in [0, 0.1) is 18.3 Å². The van der Waals surface area contributed by atoms with Gasteiger partial charge >= 0.3 is 0 Å². The number of aryl methyl sites for hydroxylation is 2. The van der Waals surface area contributed by atoms with Crippen molar-refractivity contribution in [2.75, 3.05) is 16.8 Å². The number of thiophene rings is 1. The molecule has 6 nitrogen and oxygen atoms in total. The lowest BCUT2D eigenvalue weighted by Crippen LogP contribution is -2.47. The van der Waals surface area contributed by atoms with E-state index >= 15 is 0 Å². The lowest BCUT2D eigenvalue weighted by atomic mass is 10.1. The van der Waals surface area contributed by atoms with E-state index in [2.05, 4.69) is 11.4 Å². The van der Waals surface area contributed by atoms with Crippen LogP contribution in [-0.2, 0) is 22.4 Å². The number of hydrogen-bond acceptors (Lipinski definition) is 5. The number of fused-ring (bicyclic) bond motifs is 2. The van der Waals surface area contributed by atoms with Gasteiger partial charge in [-0.2, -0.15) is 5.26 Å². The van der Waals surface area contributed by atoms with Crippen LogP contribution in [0.25, 0.3) is 0 Å². The summed E-state index contributed by atoms with van der Waals surface area (Å²) in [4.78, 5) is 27.9. The Hall–Kier alpha value is -2.85. The Bertz CT molecular complexity index is 989. The van der Waals surface area contributed by atoms with Crippen molar-refractivity contribution in [2.24, 2.45) is 0 Å². The highest BCUT2D eigenvalue weighted by atomic mass is 32.1. The maximum absolute atomic E-state index is 12.7. The number of amides is 2. The molecule has 1 aromatic heterocycles. The number of nitriles is 1. The van der Waals surface area contributed by atoms with Crippen LogP contribution in [0.4, 0.5) is 10.7 Å². The van der Waals surface area contributed by atoms with Gasteiger partial charge in [0.2, 0.25) is 5.91 Å². The number of nitrogens with one attached hydrogen (secondary N) is 1. The van der Waals surface area contributed by atoms with Gasteiger partial charge in [0.1, 0.15) is 23.4 Å². The first kappa shape index (κ1) is 17.6. The molecule has 0 spiro atoms. The van der Waals surface area contributed by atoms with Crippen molar-refractivity contribution in [3.8, 4) is 11.8 Å². The van der Waals surface area contributed by atoms with Crippen LogP contribution in [-0.4, -0.2) is 24.5 Å². The highest BCUT2D eigenvalue weighted by molar-refractivity contribution is 7.16. The van der Waals surface area contributed by atoms with Gasteiger partial charge in [0.05, 0.1) is 11.3 Å². The van der Waals surface area contributed by atoms with Crippen molar-refractivity contribution in [3.05, 3.63) is 39.8 Å². The summed E-state index contributed by atoms with van der Waals surface area (Å²) in [7, 11) is 0. The van der Waals surface area contributed by atoms with E-state index in [9.17, 15) is 14.9 Å². The fourth-order valence-corrected chi connectivity index (χ4v) is 4.86. The molecule has 4 rings (SSSR count). The summed E-state index contributed by atoms with van der Waals surface area (Å²) in [6, 6.07) is 7.78. The predicted octanol–water partition coefficient (Wildman–Crippen LogP) is 3.17. The highest BCUT2D eigenvalue weighted by Gasteiger charge is 2.33. The molecular formula is C20H19N3O3S. The fraction of sp³-hybridized carbons (Fsp3) is 0.350. The number of rotatable bonds is 3. The molecule has 1 atom stereocenters. The standard InChI is InChI=1S/C20H19N3O3S/c1-11-6-7-16-15(8-11)23(20(25)12(2)26-16)10-18(24)22-19-14(9-21)13-4-3-5-17(13)27-19/h6-8,12H,3-5,10H2,1-2H3,(H,22,24). The normalized spacial score (nSPS) is 17.7. The Morgan fingerprint density at radius 3 is 3.04 bits per heavy atom. The summed E-state index contributed by atoms with van der Waals surface area (Å²) in [6.45, 7) is 3.48. The minimum atomic E-state index is -0.645. The molecule has 27 heavy (non-hydrogen) atoms. The van der Waals surface area contributed by atoms with E-state index in [1.165, 1.54) is 21.1 Å². The lowest BCUT2D eigenvalue weighted by Gasteiger charge is -2.32. The van der Waals surface area contributed by atoms with Crippen molar-refractivity contribution in [3.63, 3.8) is 0 Å². The summed E-state index contributed by atoms with van der Waals surface area (Å²) < 4.78 is 5.64. The van der Waals surface area contributed by atoms with Crippen LogP contribution in [0.1, 0.15) is 34.9 Å². The van der Waals surface area contributed by atoms with Gasteiger partial charge in [-0.25, -0.2) is 0 Å². The van der Waals surface area contributed by atoms with E-state index in [0.717, 1.165) is 30.4 Å². The van der Waals surface area contributed by atoms with Crippen LogP contribution in [0.15, 0.2) is 18.2 Å². The van der Waals surface area contributed by atoms with Crippen LogP contribution < -0.4 is 15.0 Å².